The number of hydrogen-bond donors (Lipinski definition) is 7. The van der Waals surface area contributed by atoms with Gasteiger partial charge in [0, 0.05) is 0 Å². The largest absolute Gasteiger partial charge is 0.397 e. The Kier molecular flexibility index (Phi) is 35.6. The van der Waals surface area contributed by atoms with E-state index in [0.717, 1.165) is 38.5 Å². The van der Waals surface area contributed by atoms with Crippen LogP contribution in [0.5, 0.6) is 0 Å². The molecule has 0 radical (unpaired) electrons. The standard InChI is InChI=1S/C46H91NO12S/c1-3-5-7-9-11-13-15-16-17-18-19-20-21-22-23-24-25-27-28-30-32-34-39(49)38(47-45(53)40(50)35-33-31-29-26-14-12-10-8-6-4-2)37-57-46-43(52)44(59-60(54,55)56)42(51)41(36-48)58-46/h38-44,46,48-52H,3-37H2,1-2H3,(H,47,53)(H,54,55,56). The molecule has 60 heavy (non-hydrogen) atoms. The van der Waals surface area contributed by atoms with Gasteiger partial charge in [-0.05, 0) is 12.8 Å². The maximum Gasteiger partial charge on any atom is 0.397 e. The smallest absolute Gasteiger partial charge is 0.394 e. The zero-order valence-corrected chi connectivity index (χ0v) is 38.7. The van der Waals surface area contributed by atoms with Crippen molar-refractivity contribution in [2.24, 2.45) is 0 Å². The number of aliphatic hydroxyl groups is 5. The average molecular weight is 882 g/mol. The highest BCUT2D eigenvalue weighted by Gasteiger charge is 2.48. The lowest BCUT2D eigenvalue weighted by Crippen LogP contribution is -2.61. The Morgan fingerprint density at radius 3 is 1.33 bits per heavy atom. The molecular weight excluding hydrogens is 791 g/mol. The molecule has 1 heterocycles. The molecule has 1 amide bonds. The fourth-order valence-electron chi connectivity index (χ4n) is 8.11. The minimum Gasteiger partial charge on any atom is -0.394 e. The molecule has 1 aliphatic heterocycles. The molecule has 358 valence electrons. The summed E-state index contributed by atoms with van der Waals surface area (Å²) >= 11 is 0. The number of carbonyl (C=O) groups is 1. The van der Waals surface area contributed by atoms with Gasteiger partial charge >= 0.3 is 10.4 Å². The highest BCUT2D eigenvalue weighted by molar-refractivity contribution is 7.80. The molecule has 1 fully saturated rings. The summed E-state index contributed by atoms with van der Waals surface area (Å²) < 4.78 is 47.6. The second-order valence-electron chi connectivity index (χ2n) is 17.6. The number of hydrogen-bond acceptors (Lipinski definition) is 11. The van der Waals surface area contributed by atoms with Crippen LogP contribution in [-0.4, -0.2) is 107 Å². The lowest BCUT2D eigenvalue weighted by atomic mass is 9.99. The Morgan fingerprint density at radius 2 is 0.967 bits per heavy atom. The lowest BCUT2D eigenvalue weighted by molar-refractivity contribution is -0.298. The fourth-order valence-corrected chi connectivity index (χ4v) is 8.62. The lowest BCUT2D eigenvalue weighted by Gasteiger charge is -2.41. The average Bonchev–Trinajstić information content (AvgIpc) is 3.22. The van der Waals surface area contributed by atoms with Crippen LogP contribution in [0.4, 0.5) is 0 Å². The summed E-state index contributed by atoms with van der Waals surface area (Å²) in [7, 11) is -5.10. The maximum atomic E-state index is 13.1. The summed E-state index contributed by atoms with van der Waals surface area (Å²) in [6.45, 7) is 3.28. The number of amides is 1. The van der Waals surface area contributed by atoms with Crippen molar-refractivity contribution < 1.29 is 57.0 Å². The number of aliphatic hydroxyl groups excluding tert-OH is 5. The molecule has 0 aromatic carbocycles. The predicted molar refractivity (Wildman–Crippen MR) is 238 cm³/mol. The van der Waals surface area contributed by atoms with E-state index in [1.54, 1.807) is 0 Å². The third kappa shape index (κ3) is 29.4. The Bertz CT molecular complexity index is 1100. The summed E-state index contributed by atoms with van der Waals surface area (Å²) in [5.41, 5.74) is 0. The number of unbranched alkanes of at least 4 members (excludes halogenated alkanes) is 29. The highest BCUT2D eigenvalue weighted by atomic mass is 32.3. The monoisotopic (exact) mass is 882 g/mol. The van der Waals surface area contributed by atoms with Crippen LogP contribution >= 0.6 is 0 Å². The van der Waals surface area contributed by atoms with E-state index in [2.05, 4.69) is 23.3 Å². The molecule has 0 spiro atoms. The SMILES string of the molecule is CCCCCCCCCCCCCCCCCCCCCCCC(O)C(COC1OC(CO)C(O)C(OS(=O)(=O)O)C1O)NC(=O)C(O)CCCCCCCCCCCC. The molecule has 1 saturated heterocycles. The third-order valence-corrected chi connectivity index (χ3v) is 12.5. The van der Waals surface area contributed by atoms with Crippen molar-refractivity contribution in [2.45, 2.75) is 275 Å². The molecule has 0 saturated carbocycles. The first kappa shape index (κ1) is 57.1. The minimum atomic E-state index is -5.10. The number of nitrogens with one attached hydrogen (secondary N) is 1. The van der Waals surface area contributed by atoms with Gasteiger partial charge in [0.25, 0.3) is 0 Å². The molecule has 0 aliphatic carbocycles. The Hall–Kier alpha value is -0.940. The van der Waals surface area contributed by atoms with Gasteiger partial charge < -0.3 is 40.3 Å². The van der Waals surface area contributed by atoms with Crippen LogP contribution in [0.2, 0.25) is 0 Å². The van der Waals surface area contributed by atoms with Gasteiger partial charge in [-0.15, -0.1) is 0 Å². The summed E-state index contributed by atoms with van der Waals surface area (Å²) in [6, 6.07) is -1.03. The van der Waals surface area contributed by atoms with Crippen molar-refractivity contribution in [3.63, 3.8) is 0 Å². The van der Waals surface area contributed by atoms with E-state index in [-0.39, 0.29) is 6.42 Å². The van der Waals surface area contributed by atoms with E-state index in [9.17, 15) is 43.3 Å². The molecule has 8 unspecified atom stereocenters. The maximum absolute atomic E-state index is 13.1. The molecule has 1 rings (SSSR count). The number of ether oxygens (including phenoxy) is 2. The van der Waals surface area contributed by atoms with Crippen molar-refractivity contribution in [1.29, 1.82) is 0 Å². The molecule has 8 atom stereocenters. The zero-order valence-electron chi connectivity index (χ0n) is 37.9. The first-order valence-electron chi connectivity index (χ1n) is 24.5. The summed E-state index contributed by atoms with van der Waals surface area (Å²) in [6.07, 6.45) is 27.3. The van der Waals surface area contributed by atoms with E-state index >= 15 is 0 Å². The normalized spacial score (nSPS) is 21.2. The van der Waals surface area contributed by atoms with Crippen LogP contribution < -0.4 is 5.32 Å². The first-order chi connectivity index (χ1) is 28.9. The van der Waals surface area contributed by atoms with Crippen molar-refractivity contribution >= 4 is 16.3 Å². The van der Waals surface area contributed by atoms with Crippen LogP contribution in [0.15, 0.2) is 0 Å². The second kappa shape index (κ2) is 37.4. The van der Waals surface area contributed by atoms with E-state index in [1.165, 1.54) is 148 Å². The van der Waals surface area contributed by atoms with Gasteiger partial charge in [-0.3, -0.25) is 9.35 Å². The molecule has 13 nitrogen and oxygen atoms in total. The van der Waals surface area contributed by atoms with E-state index in [1.807, 2.05) is 0 Å². The van der Waals surface area contributed by atoms with E-state index in [0.29, 0.717) is 19.3 Å². The van der Waals surface area contributed by atoms with Gasteiger partial charge in [-0.25, -0.2) is 4.18 Å². The third-order valence-electron chi connectivity index (χ3n) is 12.0. The predicted octanol–water partition coefficient (Wildman–Crippen LogP) is 8.75. The van der Waals surface area contributed by atoms with Crippen LogP contribution in [0, 0.1) is 0 Å². The molecule has 0 aromatic rings. The van der Waals surface area contributed by atoms with Crippen molar-refractivity contribution in [3.8, 4) is 0 Å². The molecule has 7 N–H and O–H groups in total. The summed E-state index contributed by atoms with van der Waals surface area (Å²) in [5, 5.41) is 55.3. The van der Waals surface area contributed by atoms with Crippen molar-refractivity contribution in [3.05, 3.63) is 0 Å². The van der Waals surface area contributed by atoms with Crippen LogP contribution in [0.3, 0.4) is 0 Å². The summed E-state index contributed by atoms with van der Waals surface area (Å²) in [5.74, 6) is -0.668. The number of rotatable bonds is 42. The van der Waals surface area contributed by atoms with Crippen molar-refractivity contribution in [2.75, 3.05) is 13.2 Å². The number of carbonyl (C=O) groups excluding carboxylic acids is 1. The van der Waals surface area contributed by atoms with Crippen LogP contribution in [-0.2, 0) is 28.9 Å². The van der Waals surface area contributed by atoms with Gasteiger partial charge in [0.15, 0.2) is 6.29 Å². The molecular formula is C46H91NO12S. The van der Waals surface area contributed by atoms with Crippen LogP contribution in [0.1, 0.15) is 226 Å². The highest BCUT2D eigenvalue weighted by Crippen LogP contribution is 2.26. The molecule has 0 aromatic heterocycles. The van der Waals surface area contributed by atoms with Gasteiger partial charge in [0.05, 0.1) is 25.4 Å². The first-order valence-corrected chi connectivity index (χ1v) is 25.9. The Labute approximate surface area is 365 Å². The quantitative estimate of drug-likeness (QED) is 0.0227. The molecule has 14 heteroatoms. The van der Waals surface area contributed by atoms with Crippen LogP contribution in [0.25, 0.3) is 0 Å². The van der Waals surface area contributed by atoms with Gasteiger partial charge in [0.2, 0.25) is 5.91 Å². The minimum absolute atomic E-state index is 0.264. The van der Waals surface area contributed by atoms with Gasteiger partial charge in [0.1, 0.15) is 30.5 Å². The Balaban J connectivity index is 2.47. The topological polar surface area (TPSA) is 212 Å². The van der Waals surface area contributed by atoms with E-state index in [4.69, 9.17) is 9.47 Å². The summed E-state index contributed by atoms with van der Waals surface area (Å²) in [4.78, 5) is 13.1. The fraction of sp³-hybridized carbons (Fsp3) is 0.978. The molecule has 0 bridgehead atoms. The zero-order chi connectivity index (χ0) is 44.3. The van der Waals surface area contributed by atoms with Gasteiger partial charge in [-0.1, -0.05) is 213 Å². The second-order valence-corrected chi connectivity index (χ2v) is 18.6. The van der Waals surface area contributed by atoms with Gasteiger partial charge in [-0.2, -0.15) is 8.42 Å². The van der Waals surface area contributed by atoms with E-state index < -0.39 is 78.5 Å². The molecule has 1 aliphatic rings. The van der Waals surface area contributed by atoms with Crippen molar-refractivity contribution in [1.82, 2.24) is 5.32 Å². The Morgan fingerprint density at radius 1 is 0.600 bits per heavy atom.